The zero-order valence-corrected chi connectivity index (χ0v) is 11.7. The van der Waals surface area contributed by atoms with Gasteiger partial charge in [0.25, 0.3) is 0 Å². The van der Waals surface area contributed by atoms with Crippen LogP contribution >= 0.6 is 23.2 Å². The number of halogens is 3. The van der Waals surface area contributed by atoms with E-state index in [9.17, 15) is 14.0 Å². The van der Waals surface area contributed by atoms with Crippen molar-refractivity contribution in [2.75, 3.05) is 0 Å². The maximum Gasteiger partial charge on any atom is 0.240 e. The second-order valence-corrected chi connectivity index (χ2v) is 4.61. The van der Waals surface area contributed by atoms with Crippen LogP contribution in [0.5, 0.6) is 0 Å². The molecule has 0 atom stereocenters. The van der Waals surface area contributed by atoms with Crippen LogP contribution in [0.2, 0.25) is 10.0 Å². The summed E-state index contributed by atoms with van der Waals surface area (Å²) in [4.78, 5) is 27.3. The molecule has 0 amide bonds. The zero-order chi connectivity index (χ0) is 15.4. The van der Waals surface area contributed by atoms with Crippen LogP contribution in [0, 0.1) is 5.82 Å². The van der Waals surface area contributed by atoms with Gasteiger partial charge in [-0.3, -0.25) is 0 Å². The van der Waals surface area contributed by atoms with Gasteiger partial charge in [0.05, 0.1) is 0 Å². The number of isocyanates is 2. The molecule has 0 aromatic heterocycles. The van der Waals surface area contributed by atoms with Crippen molar-refractivity contribution in [1.29, 1.82) is 0 Å². The first kappa shape index (κ1) is 15.1. The molecule has 0 radical (unpaired) electrons. The van der Waals surface area contributed by atoms with E-state index in [1.165, 1.54) is 24.3 Å². The first-order chi connectivity index (χ1) is 10.1. The molecule has 0 N–H and O–H groups in total. The van der Waals surface area contributed by atoms with Crippen molar-refractivity contribution in [3.63, 3.8) is 0 Å². The van der Waals surface area contributed by atoms with E-state index in [-0.39, 0.29) is 27.0 Å². The van der Waals surface area contributed by atoms with Crippen LogP contribution in [0.3, 0.4) is 0 Å². The van der Waals surface area contributed by atoms with Crippen LogP contribution in [-0.2, 0) is 9.59 Å². The SMILES string of the molecule is O=C=Nc1ccc(-c2c(Cl)cccc2Cl)c(N=C=O)c1F. The minimum absolute atomic E-state index is 0.191. The number of rotatable bonds is 3. The van der Waals surface area contributed by atoms with Crippen LogP contribution < -0.4 is 0 Å². The summed E-state index contributed by atoms with van der Waals surface area (Å²) in [6, 6.07) is 7.39. The van der Waals surface area contributed by atoms with Gasteiger partial charge in [-0.15, -0.1) is 0 Å². The molecule has 0 aliphatic rings. The van der Waals surface area contributed by atoms with E-state index in [0.717, 1.165) is 0 Å². The molecule has 0 saturated carbocycles. The Morgan fingerprint density at radius 1 is 0.952 bits per heavy atom. The average Bonchev–Trinajstić information content (AvgIpc) is 2.45. The summed E-state index contributed by atoms with van der Waals surface area (Å²) >= 11 is 12.1. The van der Waals surface area contributed by atoms with E-state index in [4.69, 9.17) is 23.2 Å². The highest BCUT2D eigenvalue weighted by Crippen LogP contribution is 2.42. The first-order valence-electron chi connectivity index (χ1n) is 5.52. The minimum atomic E-state index is -0.963. The third-order valence-electron chi connectivity index (χ3n) is 2.65. The molecule has 4 nitrogen and oxygen atoms in total. The minimum Gasteiger partial charge on any atom is -0.211 e. The number of hydrogen-bond donors (Lipinski definition) is 0. The first-order valence-corrected chi connectivity index (χ1v) is 6.28. The molecule has 2 aromatic carbocycles. The Labute approximate surface area is 128 Å². The zero-order valence-electron chi connectivity index (χ0n) is 10.2. The van der Waals surface area contributed by atoms with Crippen LogP contribution in [-0.4, -0.2) is 12.2 Å². The summed E-state index contributed by atoms with van der Waals surface area (Å²) in [5.74, 6) is -0.963. The molecule has 0 heterocycles. The highest BCUT2D eigenvalue weighted by atomic mass is 35.5. The van der Waals surface area contributed by atoms with Gasteiger partial charge in [-0.1, -0.05) is 29.3 Å². The number of benzene rings is 2. The summed E-state index contributed by atoms with van der Waals surface area (Å²) in [6.45, 7) is 0. The van der Waals surface area contributed by atoms with Gasteiger partial charge in [-0.2, -0.15) is 9.98 Å². The van der Waals surface area contributed by atoms with E-state index in [0.29, 0.717) is 5.56 Å². The molecule has 0 bridgehead atoms. The van der Waals surface area contributed by atoms with Gasteiger partial charge in [0.1, 0.15) is 11.4 Å². The summed E-state index contributed by atoms with van der Waals surface area (Å²) in [5.41, 5.74) is -0.144. The standard InChI is InChI=1S/C14H5Cl2FN2O2/c15-9-2-1-3-10(16)12(9)8-4-5-11(18-6-20)13(17)14(8)19-7-21/h1-5H. The van der Waals surface area contributed by atoms with E-state index < -0.39 is 5.82 Å². The Kier molecular flexibility index (Phi) is 4.63. The fourth-order valence-electron chi connectivity index (χ4n) is 1.80. The molecule has 0 fully saturated rings. The van der Waals surface area contributed by atoms with Crippen molar-refractivity contribution in [2.24, 2.45) is 9.98 Å². The van der Waals surface area contributed by atoms with Gasteiger partial charge < -0.3 is 0 Å². The topological polar surface area (TPSA) is 58.9 Å². The molecule has 0 unspecified atom stereocenters. The maximum absolute atomic E-state index is 14.2. The molecule has 104 valence electrons. The molecule has 0 saturated heterocycles. The third-order valence-corrected chi connectivity index (χ3v) is 3.28. The van der Waals surface area contributed by atoms with E-state index in [1.807, 2.05) is 0 Å². The van der Waals surface area contributed by atoms with E-state index >= 15 is 0 Å². The molecule has 0 aliphatic carbocycles. The number of nitrogens with zero attached hydrogens (tertiary/aromatic N) is 2. The lowest BCUT2D eigenvalue weighted by Crippen LogP contribution is -1.87. The monoisotopic (exact) mass is 322 g/mol. The Morgan fingerprint density at radius 3 is 2.14 bits per heavy atom. The van der Waals surface area contributed by atoms with Crippen LogP contribution in [0.15, 0.2) is 40.3 Å². The summed E-state index contributed by atoms with van der Waals surface area (Å²) in [7, 11) is 0. The molecular weight excluding hydrogens is 318 g/mol. The third kappa shape index (κ3) is 2.92. The smallest absolute Gasteiger partial charge is 0.211 e. The number of hydrogen-bond acceptors (Lipinski definition) is 4. The molecular formula is C14H5Cl2FN2O2. The second kappa shape index (κ2) is 6.44. The van der Waals surface area contributed by atoms with Gasteiger partial charge in [-0.05, 0) is 24.3 Å². The molecule has 2 rings (SSSR count). The fourth-order valence-corrected chi connectivity index (χ4v) is 2.40. The largest absolute Gasteiger partial charge is 0.240 e. The Bertz CT molecular complexity index is 791. The van der Waals surface area contributed by atoms with Crippen LogP contribution in [0.4, 0.5) is 15.8 Å². The average molecular weight is 323 g/mol. The summed E-state index contributed by atoms with van der Waals surface area (Å²) in [6.07, 6.45) is 2.47. The second-order valence-electron chi connectivity index (χ2n) is 3.80. The van der Waals surface area contributed by atoms with Gasteiger partial charge in [0.2, 0.25) is 12.2 Å². The number of carbonyl (C=O) groups excluding carboxylic acids is 2. The predicted octanol–water partition coefficient (Wildman–Crippen LogP) is 4.73. The molecule has 7 heteroatoms. The van der Waals surface area contributed by atoms with Crippen molar-refractivity contribution < 1.29 is 14.0 Å². The molecule has 21 heavy (non-hydrogen) atoms. The molecule has 2 aromatic rings. The molecule has 0 spiro atoms. The van der Waals surface area contributed by atoms with Gasteiger partial charge in [-0.25, -0.2) is 14.0 Å². The van der Waals surface area contributed by atoms with Crippen LogP contribution in [0.1, 0.15) is 0 Å². The van der Waals surface area contributed by atoms with Gasteiger partial charge in [0, 0.05) is 21.2 Å². The quantitative estimate of drug-likeness (QED) is 0.605. The maximum atomic E-state index is 14.2. The fraction of sp³-hybridized carbons (Fsp3) is 0. The van der Waals surface area contributed by atoms with Crippen molar-refractivity contribution in [2.45, 2.75) is 0 Å². The summed E-state index contributed by atoms with van der Waals surface area (Å²) in [5, 5.41) is 0.520. The lowest BCUT2D eigenvalue weighted by atomic mass is 10.0. The highest BCUT2D eigenvalue weighted by Gasteiger charge is 2.18. The van der Waals surface area contributed by atoms with Crippen molar-refractivity contribution in [1.82, 2.24) is 0 Å². The number of aliphatic imine (C=N–C) groups is 2. The lowest BCUT2D eigenvalue weighted by Gasteiger charge is -2.10. The van der Waals surface area contributed by atoms with Crippen molar-refractivity contribution in [3.8, 4) is 11.1 Å². The van der Waals surface area contributed by atoms with E-state index in [1.54, 1.807) is 18.2 Å². The predicted molar refractivity (Wildman–Crippen MR) is 77.4 cm³/mol. The Balaban J connectivity index is 2.84. The molecule has 0 aliphatic heterocycles. The van der Waals surface area contributed by atoms with Crippen molar-refractivity contribution in [3.05, 3.63) is 46.2 Å². The lowest BCUT2D eigenvalue weighted by molar-refractivity contribution is 0.564. The highest BCUT2D eigenvalue weighted by molar-refractivity contribution is 6.39. The van der Waals surface area contributed by atoms with Crippen LogP contribution in [0.25, 0.3) is 11.1 Å². The summed E-state index contributed by atoms with van der Waals surface area (Å²) < 4.78 is 14.2. The van der Waals surface area contributed by atoms with E-state index in [2.05, 4.69) is 9.98 Å². The Hall–Kier alpha value is -2.29. The normalized spacial score (nSPS) is 9.67. The van der Waals surface area contributed by atoms with Gasteiger partial charge in [0.15, 0.2) is 5.82 Å². The van der Waals surface area contributed by atoms with Crippen molar-refractivity contribution >= 4 is 46.7 Å². The van der Waals surface area contributed by atoms with Gasteiger partial charge >= 0.3 is 0 Å². The Morgan fingerprint density at radius 2 is 1.57 bits per heavy atom.